The van der Waals surface area contributed by atoms with Crippen LogP contribution in [0, 0.1) is 6.92 Å². The molecule has 0 saturated carbocycles. The molecule has 1 aliphatic heterocycles. The lowest BCUT2D eigenvalue weighted by molar-refractivity contribution is 0.0159. The lowest BCUT2D eigenvalue weighted by Crippen LogP contribution is -2.55. The fraction of sp³-hybridized carbons (Fsp3) is 0.632. The Morgan fingerprint density at radius 3 is 2.54 bits per heavy atom. The predicted molar refractivity (Wildman–Crippen MR) is 97.0 cm³/mol. The first kappa shape index (κ1) is 18.4. The Bertz CT molecular complexity index is 580. The number of carbonyl (C=O) groups excluding carboxylic acids is 1. The van der Waals surface area contributed by atoms with Crippen LogP contribution in [-0.4, -0.2) is 48.9 Å². The minimum atomic E-state index is -0.458. The van der Waals surface area contributed by atoms with Gasteiger partial charge >= 0.3 is 6.09 Å². The number of nitrogens with zero attached hydrogens (tertiary/aromatic N) is 2. The van der Waals surface area contributed by atoms with Gasteiger partial charge in [0.25, 0.3) is 0 Å². The summed E-state index contributed by atoms with van der Waals surface area (Å²) in [5, 5.41) is 0. The summed E-state index contributed by atoms with van der Waals surface area (Å²) in [5.74, 6) is 0.932. The van der Waals surface area contributed by atoms with Crippen molar-refractivity contribution < 1.29 is 14.3 Å². The highest BCUT2D eigenvalue weighted by atomic mass is 16.6. The van der Waals surface area contributed by atoms with Gasteiger partial charge < -0.3 is 19.3 Å². The van der Waals surface area contributed by atoms with Gasteiger partial charge in [0.2, 0.25) is 0 Å². The zero-order valence-corrected chi connectivity index (χ0v) is 15.8. The maximum absolute atomic E-state index is 12.3. The van der Waals surface area contributed by atoms with Gasteiger partial charge in [-0.25, -0.2) is 4.79 Å². The van der Waals surface area contributed by atoms with Gasteiger partial charge in [-0.15, -0.1) is 0 Å². The summed E-state index contributed by atoms with van der Waals surface area (Å²) in [6, 6.07) is 6.38. The van der Waals surface area contributed by atoms with Gasteiger partial charge in [-0.1, -0.05) is 0 Å². The van der Waals surface area contributed by atoms with E-state index in [2.05, 4.69) is 30.9 Å². The van der Waals surface area contributed by atoms with Crippen LogP contribution in [0.2, 0.25) is 0 Å². The lowest BCUT2D eigenvalue weighted by Gasteiger charge is -2.41. The summed E-state index contributed by atoms with van der Waals surface area (Å²) in [5.41, 5.74) is 1.85. The normalized spacial score (nSPS) is 18.5. The first-order valence-electron chi connectivity index (χ1n) is 8.69. The molecule has 1 heterocycles. The van der Waals surface area contributed by atoms with Crippen LogP contribution in [0.4, 0.5) is 10.5 Å². The van der Waals surface area contributed by atoms with Gasteiger partial charge in [0.1, 0.15) is 11.4 Å². The molecule has 0 N–H and O–H groups in total. The molecule has 1 aromatic carbocycles. The van der Waals surface area contributed by atoms with Crippen molar-refractivity contribution in [1.82, 2.24) is 4.90 Å². The van der Waals surface area contributed by atoms with Crippen molar-refractivity contribution in [3.8, 4) is 5.75 Å². The maximum Gasteiger partial charge on any atom is 0.410 e. The van der Waals surface area contributed by atoms with E-state index in [1.165, 1.54) is 5.69 Å². The highest BCUT2D eigenvalue weighted by molar-refractivity contribution is 5.69. The van der Waals surface area contributed by atoms with Crippen LogP contribution in [0.5, 0.6) is 5.75 Å². The molecule has 0 radical (unpaired) electrons. The summed E-state index contributed by atoms with van der Waals surface area (Å²) in [4.78, 5) is 16.4. The molecule has 1 saturated heterocycles. The van der Waals surface area contributed by atoms with E-state index in [9.17, 15) is 4.79 Å². The number of hydrogen-bond acceptors (Lipinski definition) is 4. The van der Waals surface area contributed by atoms with E-state index in [4.69, 9.17) is 9.47 Å². The van der Waals surface area contributed by atoms with Gasteiger partial charge in [-0.05, 0) is 65.3 Å². The van der Waals surface area contributed by atoms with Crippen molar-refractivity contribution in [2.75, 3.05) is 31.1 Å². The molecular formula is C19H30N2O3. The molecule has 1 atom stereocenters. The Balaban J connectivity index is 2.02. The molecule has 1 aliphatic rings. The molecule has 0 bridgehead atoms. The number of aryl methyl sites for hydroxylation is 1. The molecule has 0 spiro atoms. The second-order valence-electron chi connectivity index (χ2n) is 7.35. The Labute approximate surface area is 145 Å². The third-order valence-electron chi connectivity index (χ3n) is 4.08. The number of anilines is 1. The number of benzene rings is 1. The largest absolute Gasteiger partial charge is 0.494 e. The topological polar surface area (TPSA) is 42.0 Å². The molecule has 1 fully saturated rings. The first-order chi connectivity index (χ1) is 11.2. The highest BCUT2D eigenvalue weighted by Crippen LogP contribution is 2.26. The van der Waals surface area contributed by atoms with Crippen LogP contribution in [0.1, 0.15) is 40.2 Å². The number of piperazine rings is 1. The van der Waals surface area contributed by atoms with Crippen molar-refractivity contribution >= 4 is 11.8 Å². The standard InChI is InChI=1S/C19H30N2O3/c1-7-23-17-9-8-16(12-14(17)2)20-10-11-21(15(3)13-20)18(22)24-19(4,5)6/h8-9,12,15H,7,10-11,13H2,1-6H3. The van der Waals surface area contributed by atoms with E-state index >= 15 is 0 Å². The number of ether oxygens (including phenoxy) is 2. The fourth-order valence-electron chi connectivity index (χ4n) is 2.93. The SMILES string of the molecule is CCOc1ccc(N2CCN(C(=O)OC(C)(C)C)C(C)C2)cc1C. The van der Waals surface area contributed by atoms with Crippen LogP contribution in [0.15, 0.2) is 18.2 Å². The average Bonchev–Trinajstić information content (AvgIpc) is 2.47. The van der Waals surface area contributed by atoms with Crippen molar-refractivity contribution in [1.29, 1.82) is 0 Å². The van der Waals surface area contributed by atoms with Gasteiger partial charge in [0.15, 0.2) is 0 Å². The van der Waals surface area contributed by atoms with E-state index in [0.29, 0.717) is 13.2 Å². The summed E-state index contributed by atoms with van der Waals surface area (Å²) < 4.78 is 11.1. The predicted octanol–water partition coefficient (Wildman–Crippen LogP) is 3.84. The molecule has 5 nitrogen and oxygen atoms in total. The number of amides is 1. The number of hydrogen-bond donors (Lipinski definition) is 0. The molecule has 1 amide bonds. The van der Waals surface area contributed by atoms with E-state index in [-0.39, 0.29) is 12.1 Å². The fourth-order valence-corrected chi connectivity index (χ4v) is 2.93. The smallest absolute Gasteiger partial charge is 0.410 e. The minimum absolute atomic E-state index is 0.112. The zero-order valence-electron chi connectivity index (χ0n) is 15.8. The van der Waals surface area contributed by atoms with Gasteiger partial charge in [0.05, 0.1) is 6.61 Å². The molecule has 1 aromatic rings. The molecular weight excluding hydrogens is 304 g/mol. The Morgan fingerprint density at radius 2 is 2.00 bits per heavy atom. The number of carbonyl (C=O) groups is 1. The lowest BCUT2D eigenvalue weighted by atomic mass is 10.1. The van der Waals surface area contributed by atoms with Gasteiger partial charge in [0, 0.05) is 31.4 Å². The summed E-state index contributed by atoms with van der Waals surface area (Å²) in [6.07, 6.45) is -0.225. The highest BCUT2D eigenvalue weighted by Gasteiger charge is 2.31. The van der Waals surface area contributed by atoms with Crippen molar-refractivity contribution in [2.45, 2.75) is 53.2 Å². The molecule has 134 valence electrons. The van der Waals surface area contributed by atoms with Crippen LogP contribution >= 0.6 is 0 Å². The van der Waals surface area contributed by atoms with E-state index in [0.717, 1.165) is 24.4 Å². The third-order valence-corrected chi connectivity index (χ3v) is 4.08. The zero-order chi connectivity index (χ0) is 17.9. The molecule has 0 aromatic heterocycles. The molecule has 5 heteroatoms. The summed E-state index contributed by atoms with van der Waals surface area (Å²) in [7, 11) is 0. The van der Waals surface area contributed by atoms with Crippen LogP contribution in [0.25, 0.3) is 0 Å². The second-order valence-corrected chi connectivity index (χ2v) is 7.35. The summed E-state index contributed by atoms with van der Waals surface area (Å²) >= 11 is 0. The molecule has 2 rings (SSSR count). The van der Waals surface area contributed by atoms with E-state index in [1.807, 2.05) is 38.7 Å². The number of rotatable bonds is 3. The molecule has 24 heavy (non-hydrogen) atoms. The summed E-state index contributed by atoms with van der Waals surface area (Å²) in [6.45, 7) is 14.8. The van der Waals surface area contributed by atoms with Crippen LogP contribution in [0.3, 0.4) is 0 Å². The van der Waals surface area contributed by atoms with E-state index < -0.39 is 5.60 Å². The van der Waals surface area contributed by atoms with Crippen molar-refractivity contribution in [3.63, 3.8) is 0 Å². The minimum Gasteiger partial charge on any atom is -0.494 e. The average molecular weight is 334 g/mol. The third kappa shape index (κ3) is 4.56. The van der Waals surface area contributed by atoms with E-state index in [1.54, 1.807) is 0 Å². The van der Waals surface area contributed by atoms with Crippen molar-refractivity contribution in [3.05, 3.63) is 23.8 Å². The Morgan fingerprint density at radius 1 is 1.29 bits per heavy atom. The monoisotopic (exact) mass is 334 g/mol. The maximum atomic E-state index is 12.3. The second kappa shape index (κ2) is 7.32. The quantitative estimate of drug-likeness (QED) is 0.842. The Kier molecular flexibility index (Phi) is 5.62. The molecule has 1 unspecified atom stereocenters. The van der Waals surface area contributed by atoms with Crippen molar-refractivity contribution in [2.24, 2.45) is 0 Å². The first-order valence-corrected chi connectivity index (χ1v) is 8.69. The van der Waals surface area contributed by atoms with Gasteiger partial charge in [-0.2, -0.15) is 0 Å². The Hall–Kier alpha value is -1.91. The molecule has 0 aliphatic carbocycles. The van der Waals surface area contributed by atoms with Crippen LogP contribution in [-0.2, 0) is 4.74 Å². The van der Waals surface area contributed by atoms with Gasteiger partial charge in [-0.3, -0.25) is 0 Å². The van der Waals surface area contributed by atoms with Crippen LogP contribution < -0.4 is 9.64 Å².